The molecule has 5 heteroatoms. The second-order valence-corrected chi connectivity index (χ2v) is 2.04. The molecule has 0 unspecified atom stereocenters. The Morgan fingerprint density at radius 1 is 1.42 bits per heavy atom. The van der Waals surface area contributed by atoms with Crippen molar-refractivity contribution in [2.24, 2.45) is 5.84 Å². The lowest BCUT2D eigenvalue weighted by Crippen LogP contribution is -2.10. The quantitative estimate of drug-likeness (QED) is 0.505. The van der Waals surface area contributed by atoms with E-state index in [9.17, 15) is 0 Å². The molecule has 1 heterocycles. The first-order chi connectivity index (χ1) is 5.83. The lowest BCUT2D eigenvalue weighted by Gasteiger charge is -2.09. The average molecular weight is 169 g/mol. The molecule has 12 heavy (non-hydrogen) atoms. The fourth-order valence-corrected chi connectivity index (χ4v) is 0.884. The van der Waals surface area contributed by atoms with Crippen molar-refractivity contribution in [3.63, 3.8) is 0 Å². The van der Waals surface area contributed by atoms with Gasteiger partial charge in [0.15, 0.2) is 5.69 Å². The largest absolute Gasteiger partial charge is 0.494 e. The number of hydrazine groups is 1. The number of aromatic nitrogens is 1. The third kappa shape index (κ3) is 1.40. The minimum absolute atomic E-state index is 0.414. The highest BCUT2D eigenvalue weighted by Gasteiger charge is 2.08. The van der Waals surface area contributed by atoms with Gasteiger partial charge < -0.3 is 14.9 Å². The van der Waals surface area contributed by atoms with Gasteiger partial charge in [-0.05, 0) is 0 Å². The maximum absolute atomic E-state index is 5.25. The van der Waals surface area contributed by atoms with Crippen molar-refractivity contribution < 1.29 is 9.47 Å². The van der Waals surface area contributed by atoms with Gasteiger partial charge in [-0.1, -0.05) is 0 Å². The van der Waals surface area contributed by atoms with E-state index in [4.69, 9.17) is 15.3 Å². The highest BCUT2D eigenvalue weighted by atomic mass is 16.5. The zero-order chi connectivity index (χ0) is 8.97. The van der Waals surface area contributed by atoms with E-state index in [-0.39, 0.29) is 0 Å². The number of nitrogens with one attached hydrogen (secondary N) is 1. The Labute approximate surface area is 70.5 Å². The van der Waals surface area contributed by atoms with Crippen LogP contribution in [0.25, 0.3) is 0 Å². The van der Waals surface area contributed by atoms with Crippen LogP contribution in [0.1, 0.15) is 0 Å². The number of ether oxygens (including phenoxy) is 2. The summed E-state index contributed by atoms with van der Waals surface area (Å²) in [5.74, 6) is 6.27. The van der Waals surface area contributed by atoms with Crippen molar-refractivity contribution in [2.75, 3.05) is 19.6 Å². The van der Waals surface area contributed by atoms with E-state index in [1.165, 1.54) is 7.11 Å². The molecule has 66 valence electrons. The average Bonchev–Trinajstić information content (AvgIpc) is 2.16. The van der Waals surface area contributed by atoms with Crippen LogP contribution < -0.4 is 20.7 Å². The summed E-state index contributed by atoms with van der Waals surface area (Å²) in [6.07, 6.45) is 1.58. The van der Waals surface area contributed by atoms with Gasteiger partial charge in [0.05, 0.1) is 14.2 Å². The lowest BCUT2D eigenvalue weighted by molar-refractivity contribution is 0.385. The predicted octanol–water partition coefficient (Wildman–Crippen LogP) is 0.384. The van der Waals surface area contributed by atoms with Crippen LogP contribution in [0.15, 0.2) is 12.3 Å². The second kappa shape index (κ2) is 3.77. The van der Waals surface area contributed by atoms with Crippen molar-refractivity contribution in [1.82, 2.24) is 4.98 Å². The molecule has 0 saturated carbocycles. The molecule has 0 amide bonds. The highest BCUT2D eigenvalue weighted by Crippen LogP contribution is 2.30. The first-order valence-corrected chi connectivity index (χ1v) is 3.37. The van der Waals surface area contributed by atoms with Crippen molar-refractivity contribution in [3.05, 3.63) is 12.3 Å². The van der Waals surface area contributed by atoms with Crippen LogP contribution in [0.2, 0.25) is 0 Å². The number of pyridine rings is 1. The van der Waals surface area contributed by atoms with E-state index in [2.05, 4.69) is 10.4 Å². The summed E-state index contributed by atoms with van der Waals surface area (Å²) in [5, 5.41) is 0. The molecule has 0 fully saturated rings. The van der Waals surface area contributed by atoms with Gasteiger partial charge in [0.1, 0.15) is 5.75 Å². The third-order valence-electron chi connectivity index (χ3n) is 1.44. The Balaban J connectivity index is 3.13. The van der Waals surface area contributed by atoms with Gasteiger partial charge in [0, 0.05) is 12.3 Å². The van der Waals surface area contributed by atoms with Crippen molar-refractivity contribution in [2.45, 2.75) is 0 Å². The van der Waals surface area contributed by atoms with Gasteiger partial charge in [0.25, 0.3) is 0 Å². The minimum atomic E-state index is 0.414. The molecule has 0 atom stereocenters. The summed E-state index contributed by atoms with van der Waals surface area (Å²) >= 11 is 0. The smallest absolute Gasteiger partial charge is 0.242 e. The summed E-state index contributed by atoms with van der Waals surface area (Å²) < 4.78 is 9.96. The Morgan fingerprint density at radius 3 is 2.67 bits per heavy atom. The van der Waals surface area contributed by atoms with Gasteiger partial charge in [-0.25, -0.2) is 4.98 Å². The van der Waals surface area contributed by atoms with Gasteiger partial charge in [-0.15, -0.1) is 0 Å². The lowest BCUT2D eigenvalue weighted by atomic mass is 10.4. The standard InChI is InChI=1S/C7H11N3O2/c1-11-5-3-4-9-7(12-2)6(5)10-8/h3-4,10H,8H2,1-2H3. The van der Waals surface area contributed by atoms with Crippen LogP contribution in [-0.4, -0.2) is 19.2 Å². The summed E-state index contributed by atoms with van der Waals surface area (Å²) in [5.41, 5.74) is 3.00. The number of nitrogens with zero attached hydrogens (tertiary/aromatic N) is 1. The van der Waals surface area contributed by atoms with Gasteiger partial charge in [-0.2, -0.15) is 0 Å². The number of methoxy groups -OCH3 is 2. The fraction of sp³-hybridized carbons (Fsp3) is 0.286. The molecule has 0 aromatic carbocycles. The monoisotopic (exact) mass is 169 g/mol. The molecule has 0 aliphatic rings. The minimum Gasteiger partial charge on any atom is -0.494 e. The zero-order valence-electron chi connectivity index (χ0n) is 7.00. The van der Waals surface area contributed by atoms with Crippen LogP contribution in [-0.2, 0) is 0 Å². The van der Waals surface area contributed by atoms with Crippen LogP contribution in [0, 0.1) is 0 Å². The summed E-state index contributed by atoms with van der Waals surface area (Å²) in [6.45, 7) is 0. The van der Waals surface area contributed by atoms with E-state index in [0.717, 1.165) is 0 Å². The van der Waals surface area contributed by atoms with Crippen LogP contribution in [0.4, 0.5) is 5.69 Å². The molecule has 0 spiro atoms. The number of hydrogen-bond donors (Lipinski definition) is 2. The third-order valence-corrected chi connectivity index (χ3v) is 1.44. The topological polar surface area (TPSA) is 69.4 Å². The normalized spacial score (nSPS) is 9.25. The van der Waals surface area contributed by atoms with E-state index in [0.29, 0.717) is 17.3 Å². The molecule has 0 aliphatic heterocycles. The molecular formula is C7H11N3O2. The number of hydrogen-bond acceptors (Lipinski definition) is 5. The first-order valence-electron chi connectivity index (χ1n) is 3.37. The van der Waals surface area contributed by atoms with Gasteiger partial charge >= 0.3 is 0 Å². The van der Waals surface area contributed by atoms with E-state index in [1.54, 1.807) is 19.4 Å². The Kier molecular flexibility index (Phi) is 2.71. The molecule has 1 aromatic rings. The number of nitrogen functional groups attached to an aromatic ring is 1. The van der Waals surface area contributed by atoms with Crippen LogP contribution in [0.3, 0.4) is 0 Å². The van der Waals surface area contributed by atoms with E-state index in [1.807, 2.05) is 0 Å². The molecule has 1 rings (SSSR count). The van der Waals surface area contributed by atoms with E-state index < -0.39 is 0 Å². The van der Waals surface area contributed by atoms with Crippen molar-refractivity contribution >= 4 is 5.69 Å². The fourth-order valence-electron chi connectivity index (χ4n) is 0.884. The summed E-state index contributed by atoms with van der Waals surface area (Å²) in [7, 11) is 3.07. The van der Waals surface area contributed by atoms with Crippen molar-refractivity contribution in [3.8, 4) is 11.6 Å². The Morgan fingerprint density at radius 2 is 2.17 bits per heavy atom. The second-order valence-electron chi connectivity index (χ2n) is 2.04. The van der Waals surface area contributed by atoms with E-state index >= 15 is 0 Å². The molecule has 1 aromatic heterocycles. The molecule has 0 radical (unpaired) electrons. The predicted molar refractivity (Wildman–Crippen MR) is 45.2 cm³/mol. The molecular weight excluding hydrogens is 158 g/mol. The highest BCUT2D eigenvalue weighted by molar-refractivity contribution is 5.62. The van der Waals surface area contributed by atoms with Gasteiger partial charge in [0.2, 0.25) is 5.88 Å². The number of anilines is 1. The zero-order valence-corrected chi connectivity index (χ0v) is 7.00. The van der Waals surface area contributed by atoms with Crippen LogP contribution >= 0.6 is 0 Å². The van der Waals surface area contributed by atoms with Gasteiger partial charge in [-0.3, -0.25) is 5.84 Å². The Hall–Kier alpha value is -1.49. The maximum atomic E-state index is 5.25. The maximum Gasteiger partial charge on any atom is 0.242 e. The van der Waals surface area contributed by atoms with Crippen LogP contribution in [0.5, 0.6) is 11.6 Å². The first kappa shape index (κ1) is 8.61. The molecule has 3 N–H and O–H groups in total. The SMILES string of the molecule is COc1ccnc(OC)c1NN. The van der Waals surface area contributed by atoms with Crippen molar-refractivity contribution in [1.29, 1.82) is 0 Å². The molecule has 5 nitrogen and oxygen atoms in total. The summed E-state index contributed by atoms with van der Waals surface area (Å²) in [6, 6.07) is 1.69. The number of rotatable bonds is 3. The summed E-state index contributed by atoms with van der Waals surface area (Å²) in [4.78, 5) is 3.93. The molecule has 0 bridgehead atoms. The molecule has 0 saturated heterocycles. The molecule has 0 aliphatic carbocycles. The number of nitrogens with two attached hydrogens (primary N) is 1. The Bertz CT molecular complexity index is 243.